The van der Waals surface area contributed by atoms with Gasteiger partial charge in [0.1, 0.15) is 10.8 Å². The summed E-state index contributed by atoms with van der Waals surface area (Å²) >= 11 is 1.69. The number of nitrogens with zero attached hydrogens (tertiary/aromatic N) is 2. The minimum absolute atomic E-state index is 0.862. The average molecular weight is 367 g/mol. The summed E-state index contributed by atoms with van der Waals surface area (Å²) in [6.45, 7) is 0. The molecule has 3 nitrogen and oxygen atoms in total. The van der Waals surface area contributed by atoms with Crippen LogP contribution in [-0.4, -0.2) is 15.0 Å². The Morgan fingerprint density at radius 3 is 2.48 bits per heavy atom. The number of imidazole rings is 1. The Kier molecular flexibility index (Phi) is 4.03. The second kappa shape index (κ2) is 6.82. The van der Waals surface area contributed by atoms with Crippen LogP contribution in [0.3, 0.4) is 0 Å². The molecule has 5 aromatic rings. The van der Waals surface area contributed by atoms with Crippen molar-refractivity contribution < 1.29 is 0 Å². The Hall–Kier alpha value is -3.24. The summed E-state index contributed by atoms with van der Waals surface area (Å²) < 4.78 is 0. The molecule has 1 N–H and O–H groups in total. The molecule has 0 saturated heterocycles. The number of nitrogens with one attached hydrogen (secondary N) is 1. The molecular weight excluding hydrogens is 350 g/mol. The Balaban J connectivity index is 1.45. The highest BCUT2D eigenvalue weighted by molar-refractivity contribution is 7.13. The fourth-order valence-electron chi connectivity index (χ4n) is 3.21. The predicted octanol–water partition coefficient (Wildman–Crippen LogP) is 5.94. The van der Waals surface area contributed by atoms with Crippen molar-refractivity contribution in [3.8, 4) is 22.0 Å². The number of fused-ring (bicyclic) bond motifs is 1. The van der Waals surface area contributed by atoms with E-state index in [-0.39, 0.29) is 0 Å². The van der Waals surface area contributed by atoms with Crippen LogP contribution in [0.15, 0.2) is 84.2 Å². The van der Waals surface area contributed by atoms with Gasteiger partial charge in [-0.05, 0) is 23.8 Å². The third-order valence-corrected chi connectivity index (χ3v) is 5.49. The maximum absolute atomic E-state index is 4.84. The molecular formula is C23H17N3S. The van der Waals surface area contributed by atoms with E-state index >= 15 is 0 Å². The average Bonchev–Trinajstić information content (AvgIpc) is 3.36. The molecule has 0 unspecified atom stereocenters. The highest BCUT2D eigenvalue weighted by atomic mass is 32.1. The molecule has 3 aromatic carbocycles. The maximum atomic E-state index is 4.84. The van der Waals surface area contributed by atoms with Gasteiger partial charge in [-0.15, -0.1) is 11.3 Å². The van der Waals surface area contributed by atoms with Gasteiger partial charge in [-0.1, -0.05) is 60.7 Å². The number of benzene rings is 3. The zero-order valence-corrected chi connectivity index (χ0v) is 15.4. The number of hydrogen-bond donors (Lipinski definition) is 1. The summed E-state index contributed by atoms with van der Waals surface area (Å²) in [4.78, 5) is 12.9. The van der Waals surface area contributed by atoms with Crippen LogP contribution in [0.25, 0.3) is 33.0 Å². The summed E-state index contributed by atoms with van der Waals surface area (Å²) in [6.07, 6.45) is 0.862. The quantitative estimate of drug-likeness (QED) is 0.427. The number of para-hydroxylation sites is 2. The molecule has 0 bridgehead atoms. The van der Waals surface area contributed by atoms with Crippen molar-refractivity contribution in [2.45, 2.75) is 6.42 Å². The van der Waals surface area contributed by atoms with Crippen LogP contribution in [0.2, 0.25) is 0 Å². The Bertz CT molecular complexity index is 1170. The lowest BCUT2D eigenvalue weighted by Gasteiger charge is -2.01. The highest BCUT2D eigenvalue weighted by Gasteiger charge is 2.09. The van der Waals surface area contributed by atoms with Crippen molar-refractivity contribution in [1.29, 1.82) is 0 Å². The van der Waals surface area contributed by atoms with Gasteiger partial charge in [0, 0.05) is 22.9 Å². The van der Waals surface area contributed by atoms with Gasteiger partial charge in [-0.25, -0.2) is 9.97 Å². The monoisotopic (exact) mass is 367 g/mol. The molecule has 0 aliphatic heterocycles. The van der Waals surface area contributed by atoms with E-state index in [1.54, 1.807) is 11.3 Å². The second-order valence-corrected chi connectivity index (χ2v) is 7.35. The molecule has 27 heavy (non-hydrogen) atoms. The molecule has 0 radical (unpaired) electrons. The Labute approximate surface area is 161 Å². The Morgan fingerprint density at radius 2 is 1.59 bits per heavy atom. The predicted molar refractivity (Wildman–Crippen MR) is 112 cm³/mol. The number of rotatable bonds is 4. The van der Waals surface area contributed by atoms with Crippen molar-refractivity contribution in [2.24, 2.45) is 0 Å². The molecule has 0 spiro atoms. The van der Waals surface area contributed by atoms with Crippen molar-refractivity contribution in [3.05, 3.63) is 95.5 Å². The molecule has 130 valence electrons. The van der Waals surface area contributed by atoms with Crippen LogP contribution >= 0.6 is 11.3 Å². The first kappa shape index (κ1) is 16.0. The van der Waals surface area contributed by atoms with Gasteiger partial charge in [0.15, 0.2) is 0 Å². The molecule has 2 aromatic heterocycles. The lowest BCUT2D eigenvalue weighted by atomic mass is 10.1. The molecule has 2 heterocycles. The summed E-state index contributed by atoms with van der Waals surface area (Å²) in [6, 6.07) is 27.0. The third kappa shape index (κ3) is 3.27. The number of thiazole rings is 1. The first-order valence-corrected chi connectivity index (χ1v) is 9.77. The minimum Gasteiger partial charge on any atom is -0.338 e. The van der Waals surface area contributed by atoms with Crippen LogP contribution in [0.4, 0.5) is 0 Å². The topological polar surface area (TPSA) is 41.6 Å². The largest absolute Gasteiger partial charge is 0.338 e. The zero-order valence-electron chi connectivity index (χ0n) is 14.6. The molecule has 5 rings (SSSR count). The third-order valence-electron chi connectivity index (χ3n) is 4.55. The normalized spacial score (nSPS) is 11.1. The van der Waals surface area contributed by atoms with Gasteiger partial charge < -0.3 is 4.98 Å². The highest BCUT2D eigenvalue weighted by Crippen LogP contribution is 2.29. The molecule has 0 fully saturated rings. The standard InChI is InChI=1S/C23H17N3S/c1-2-7-16(8-3-1)13-19-15-27-23(24-19)18-10-6-9-17(14-18)22-25-20-11-4-5-12-21(20)26-22/h1-12,14-15H,13H2,(H,25,26). The SMILES string of the molecule is c1ccc(Cc2csc(-c3cccc(-c4nc5ccccc5[nH]4)c3)n2)cc1. The van der Waals surface area contributed by atoms with Crippen LogP contribution in [0.5, 0.6) is 0 Å². The van der Waals surface area contributed by atoms with E-state index in [0.717, 1.165) is 45.1 Å². The molecule has 4 heteroatoms. The van der Waals surface area contributed by atoms with E-state index in [1.807, 2.05) is 30.3 Å². The molecule has 0 saturated carbocycles. The van der Waals surface area contributed by atoms with Crippen molar-refractivity contribution in [3.63, 3.8) is 0 Å². The summed E-state index contributed by atoms with van der Waals surface area (Å²) in [5.41, 5.74) is 6.62. The lowest BCUT2D eigenvalue weighted by molar-refractivity contribution is 1.11. The van der Waals surface area contributed by atoms with Crippen LogP contribution in [0.1, 0.15) is 11.3 Å². The van der Waals surface area contributed by atoms with Crippen molar-refractivity contribution in [1.82, 2.24) is 15.0 Å². The van der Waals surface area contributed by atoms with E-state index in [1.165, 1.54) is 5.56 Å². The fourth-order valence-corrected chi connectivity index (χ4v) is 4.03. The molecule has 0 aliphatic carbocycles. The van der Waals surface area contributed by atoms with Crippen LogP contribution in [0, 0.1) is 0 Å². The van der Waals surface area contributed by atoms with E-state index in [2.05, 4.69) is 58.9 Å². The number of aromatic nitrogens is 3. The first-order valence-electron chi connectivity index (χ1n) is 8.89. The van der Waals surface area contributed by atoms with Crippen LogP contribution < -0.4 is 0 Å². The van der Waals surface area contributed by atoms with Crippen molar-refractivity contribution in [2.75, 3.05) is 0 Å². The number of hydrogen-bond acceptors (Lipinski definition) is 3. The smallest absolute Gasteiger partial charge is 0.138 e. The molecule has 0 aliphatic rings. The van der Waals surface area contributed by atoms with Gasteiger partial charge in [0.2, 0.25) is 0 Å². The zero-order chi connectivity index (χ0) is 18.1. The number of H-pyrrole nitrogens is 1. The second-order valence-electron chi connectivity index (χ2n) is 6.49. The van der Waals surface area contributed by atoms with Gasteiger partial charge >= 0.3 is 0 Å². The fraction of sp³-hybridized carbons (Fsp3) is 0.0435. The van der Waals surface area contributed by atoms with Gasteiger partial charge in [0.25, 0.3) is 0 Å². The van der Waals surface area contributed by atoms with Crippen LogP contribution in [-0.2, 0) is 6.42 Å². The maximum Gasteiger partial charge on any atom is 0.138 e. The molecule has 0 atom stereocenters. The van der Waals surface area contributed by atoms with E-state index in [4.69, 9.17) is 9.97 Å². The van der Waals surface area contributed by atoms with Gasteiger partial charge in [-0.3, -0.25) is 0 Å². The van der Waals surface area contributed by atoms with Crippen molar-refractivity contribution >= 4 is 22.4 Å². The summed E-state index contributed by atoms with van der Waals surface area (Å²) in [5, 5.41) is 3.19. The van der Waals surface area contributed by atoms with Gasteiger partial charge in [0.05, 0.1) is 16.7 Å². The Morgan fingerprint density at radius 1 is 0.778 bits per heavy atom. The van der Waals surface area contributed by atoms with E-state index in [9.17, 15) is 0 Å². The first-order chi connectivity index (χ1) is 13.3. The molecule has 0 amide bonds. The minimum atomic E-state index is 0.862. The van der Waals surface area contributed by atoms with E-state index in [0.29, 0.717) is 0 Å². The lowest BCUT2D eigenvalue weighted by Crippen LogP contribution is -1.88. The van der Waals surface area contributed by atoms with E-state index < -0.39 is 0 Å². The summed E-state index contributed by atoms with van der Waals surface area (Å²) in [5.74, 6) is 0.888. The van der Waals surface area contributed by atoms with Gasteiger partial charge in [-0.2, -0.15) is 0 Å². The summed E-state index contributed by atoms with van der Waals surface area (Å²) in [7, 11) is 0. The number of aromatic amines is 1.